The van der Waals surface area contributed by atoms with Gasteiger partial charge in [-0.25, -0.2) is 8.91 Å². The minimum atomic E-state index is -0.381. The van der Waals surface area contributed by atoms with Crippen LogP contribution in [0, 0.1) is 5.82 Å². The maximum atomic E-state index is 13.3. The van der Waals surface area contributed by atoms with Gasteiger partial charge in [0.1, 0.15) is 11.6 Å². The number of rotatable bonds is 9. The maximum absolute atomic E-state index is 13.3. The van der Waals surface area contributed by atoms with Crippen molar-refractivity contribution < 1.29 is 13.9 Å². The first-order valence-electron chi connectivity index (χ1n) is 11.2. The molecule has 1 amide bonds. The molecule has 4 rings (SSSR count). The third-order valence-corrected chi connectivity index (χ3v) is 5.89. The summed E-state index contributed by atoms with van der Waals surface area (Å²) < 4.78 is 20.1. The summed E-state index contributed by atoms with van der Waals surface area (Å²) in [7, 11) is 1.72. The van der Waals surface area contributed by atoms with Crippen molar-refractivity contribution in [2.45, 2.75) is 19.3 Å². The second kappa shape index (κ2) is 10.5. The smallest absolute Gasteiger partial charge is 0.271 e. The van der Waals surface area contributed by atoms with Crippen LogP contribution in [0.3, 0.4) is 0 Å². The Morgan fingerprint density at radius 1 is 1.09 bits per heavy atom. The molecule has 0 saturated carbocycles. The number of para-hydroxylation sites is 2. The fraction of sp³-hybridized carbons (Fsp3) is 0.417. The summed E-state index contributed by atoms with van der Waals surface area (Å²) in [6.07, 6.45) is 4.36. The minimum Gasteiger partial charge on any atom is -0.495 e. The maximum Gasteiger partial charge on any atom is 0.271 e. The number of aromatic nitrogens is 2. The number of fused-ring (bicyclic) bond motifs is 1. The van der Waals surface area contributed by atoms with Crippen molar-refractivity contribution in [3.8, 4) is 5.75 Å². The lowest BCUT2D eigenvalue weighted by molar-refractivity contribution is 0.0947. The number of piperazine rings is 1. The van der Waals surface area contributed by atoms with Gasteiger partial charge in [-0.05, 0) is 49.7 Å². The predicted molar refractivity (Wildman–Crippen MR) is 123 cm³/mol. The number of hydrogen-bond donors (Lipinski definition) is 1. The number of unbranched alkanes of at least 4 members (excludes halogenated alkanes) is 2. The summed E-state index contributed by atoms with van der Waals surface area (Å²) >= 11 is 0. The standard InChI is InChI=1S/C24H30FN5O2/c1-32-23-8-4-3-7-22(23)29-15-13-28(14-16-29)12-6-2-5-11-26-24(31)21-17-20-10-9-19(25)18-30(20)27-21/h3-4,7-10,17-18H,2,5-6,11-16H2,1H3,(H,26,31). The van der Waals surface area contributed by atoms with Crippen LogP contribution in [0.4, 0.5) is 10.1 Å². The highest BCUT2D eigenvalue weighted by Gasteiger charge is 2.19. The van der Waals surface area contributed by atoms with Gasteiger partial charge >= 0.3 is 0 Å². The van der Waals surface area contributed by atoms with Crippen molar-refractivity contribution in [3.05, 3.63) is 60.2 Å². The number of ether oxygens (including phenoxy) is 1. The molecule has 1 fully saturated rings. The lowest BCUT2D eigenvalue weighted by Gasteiger charge is -2.36. The second-order valence-corrected chi connectivity index (χ2v) is 8.06. The zero-order valence-corrected chi connectivity index (χ0v) is 18.5. The number of carbonyl (C=O) groups is 1. The Morgan fingerprint density at radius 2 is 1.91 bits per heavy atom. The van der Waals surface area contributed by atoms with Gasteiger partial charge in [-0.1, -0.05) is 18.6 Å². The molecule has 1 saturated heterocycles. The SMILES string of the molecule is COc1ccccc1N1CCN(CCCCCNC(=O)c2cc3ccc(F)cn3n2)CC1. The van der Waals surface area contributed by atoms with Crippen LogP contribution >= 0.6 is 0 Å². The van der Waals surface area contributed by atoms with Crippen molar-refractivity contribution in [2.24, 2.45) is 0 Å². The van der Waals surface area contributed by atoms with Gasteiger partial charge in [0.2, 0.25) is 0 Å². The summed E-state index contributed by atoms with van der Waals surface area (Å²) in [6.45, 7) is 5.78. The molecule has 3 aromatic rings. The second-order valence-electron chi connectivity index (χ2n) is 8.06. The molecule has 8 heteroatoms. The number of hydrogen-bond acceptors (Lipinski definition) is 5. The summed E-state index contributed by atoms with van der Waals surface area (Å²) in [6, 6.07) is 12.8. The summed E-state index contributed by atoms with van der Waals surface area (Å²) in [5, 5.41) is 7.04. The molecular weight excluding hydrogens is 409 g/mol. The van der Waals surface area contributed by atoms with Crippen LogP contribution in [-0.4, -0.2) is 66.8 Å². The molecule has 2 aromatic heterocycles. The van der Waals surface area contributed by atoms with Gasteiger partial charge in [0.25, 0.3) is 5.91 Å². The van der Waals surface area contributed by atoms with Crippen LogP contribution in [0.25, 0.3) is 5.52 Å². The quantitative estimate of drug-likeness (QED) is 0.519. The number of anilines is 1. The number of halogens is 1. The van der Waals surface area contributed by atoms with E-state index < -0.39 is 0 Å². The van der Waals surface area contributed by atoms with Crippen LogP contribution in [0.15, 0.2) is 48.7 Å². The van der Waals surface area contributed by atoms with Gasteiger partial charge in [-0.15, -0.1) is 0 Å². The number of methoxy groups -OCH3 is 1. The Hall–Kier alpha value is -3.13. The molecule has 1 aliphatic rings. The van der Waals surface area contributed by atoms with E-state index in [1.807, 2.05) is 12.1 Å². The molecular formula is C24H30FN5O2. The fourth-order valence-corrected chi connectivity index (χ4v) is 4.11. The molecule has 0 unspecified atom stereocenters. The number of amides is 1. The molecule has 32 heavy (non-hydrogen) atoms. The van der Waals surface area contributed by atoms with Crippen molar-refractivity contribution in [2.75, 3.05) is 51.3 Å². The molecule has 3 heterocycles. The zero-order valence-electron chi connectivity index (χ0n) is 18.5. The van der Waals surface area contributed by atoms with Crippen LogP contribution in [-0.2, 0) is 0 Å². The highest BCUT2D eigenvalue weighted by molar-refractivity contribution is 5.93. The molecule has 7 nitrogen and oxygen atoms in total. The summed E-state index contributed by atoms with van der Waals surface area (Å²) in [5.74, 6) is 0.328. The van der Waals surface area contributed by atoms with E-state index in [1.54, 1.807) is 19.2 Å². The fourth-order valence-electron chi connectivity index (χ4n) is 4.11. The van der Waals surface area contributed by atoms with E-state index in [1.165, 1.54) is 22.5 Å². The van der Waals surface area contributed by atoms with Gasteiger partial charge < -0.3 is 15.0 Å². The predicted octanol–water partition coefficient (Wildman–Crippen LogP) is 3.20. The number of carbonyl (C=O) groups excluding carboxylic acids is 1. The van der Waals surface area contributed by atoms with E-state index in [2.05, 4.69) is 32.3 Å². The summed E-state index contributed by atoms with van der Waals surface area (Å²) in [5.41, 5.74) is 2.17. The van der Waals surface area contributed by atoms with Crippen LogP contribution in [0.2, 0.25) is 0 Å². The molecule has 0 aliphatic carbocycles. The van der Waals surface area contributed by atoms with Crippen LogP contribution < -0.4 is 15.0 Å². The first-order valence-corrected chi connectivity index (χ1v) is 11.2. The zero-order chi connectivity index (χ0) is 22.3. The number of nitrogens with zero attached hydrogens (tertiary/aromatic N) is 4. The Morgan fingerprint density at radius 3 is 2.72 bits per heavy atom. The Kier molecular flexibility index (Phi) is 7.21. The highest BCUT2D eigenvalue weighted by Crippen LogP contribution is 2.28. The van der Waals surface area contributed by atoms with E-state index in [-0.39, 0.29) is 11.7 Å². The van der Waals surface area contributed by atoms with Crippen LogP contribution in [0.5, 0.6) is 5.75 Å². The van der Waals surface area contributed by atoms with Crippen molar-refractivity contribution in [1.29, 1.82) is 0 Å². The van der Waals surface area contributed by atoms with Gasteiger partial charge in [0.15, 0.2) is 5.69 Å². The Labute approximate surface area is 187 Å². The molecule has 170 valence electrons. The highest BCUT2D eigenvalue weighted by atomic mass is 19.1. The van der Waals surface area contributed by atoms with Crippen molar-refractivity contribution >= 4 is 17.1 Å². The van der Waals surface area contributed by atoms with Gasteiger partial charge in [0, 0.05) is 32.7 Å². The Bertz CT molecular complexity index is 1050. The van der Waals surface area contributed by atoms with Gasteiger partial charge in [0.05, 0.1) is 24.5 Å². The van der Waals surface area contributed by atoms with E-state index in [9.17, 15) is 9.18 Å². The number of benzene rings is 1. The number of nitrogens with one attached hydrogen (secondary N) is 1. The van der Waals surface area contributed by atoms with Crippen molar-refractivity contribution in [3.63, 3.8) is 0 Å². The minimum absolute atomic E-state index is 0.221. The summed E-state index contributed by atoms with van der Waals surface area (Å²) in [4.78, 5) is 17.2. The molecule has 1 N–H and O–H groups in total. The third kappa shape index (κ3) is 5.37. The topological polar surface area (TPSA) is 62.1 Å². The van der Waals surface area contributed by atoms with E-state index in [0.29, 0.717) is 17.8 Å². The average Bonchev–Trinajstić information content (AvgIpc) is 3.25. The monoisotopic (exact) mass is 439 g/mol. The molecule has 0 atom stereocenters. The molecule has 0 bridgehead atoms. The Balaban J connectivity index is 1.12. The van der Waals surface area contributed by atoms with E-state index in [0.717, 1.165) is 57.7 Å². The van der Waals surface area contributed by atoms with E-state index >= 15 is 0 Å². The first kappa shape index (κ1) is 22.1. The van der Waals surface area contributed by atoms with Crippen LogP contribution in [0.1, 0.15) is 29.8 Å². The lowest BCUT2D eigenvalue weighted by atomic mass is 10.2. The lowest BCUT2D eigenvalue weighted by Crippen LogP contribution is -2.46. The molecule has 1 aliphatic heterocycles. The third-order valence-electron chi connectivity index (χ3n) is 5.89. The first-order chi connectivity index (χ1) is 15.6. The normalized spacial score (nSPS) is 14.6. The molecule has 0 spiro atoms. The molecule has 1 aromatic carbocycles. The van der Waals surface area contributed by atoms with Gasteiger partial charge in [-0.3, -0.25) is 9.69 Å². The molecule has 0 radical (unpaired) electrons. The van der Waals surface area contributed by atoms with E-state index in [4.69, 9.17) is 4.74 Å². The largest absolute Gasteiger partial charge is 0.495 e. The van der Waals surface area contributed by atoms with Gasteiger partial charge in [-0.2, -0.15) is 5.10 Å². The number of pyridine rings is 1. The average molecular weight is 440 g/mol. The van der Waals surface area contributed by atoms with Crippen molar-refractivity contribution in [1.82, 2.24) is 19.8 Å².